The van der Waals surface area contributed by atoms with Crippen LogP contribution >= 0.6 is 15.9 Å². The number of nitrogens with zero attached hydrogens (tertiary/aromatic N) is 2. The highest BCUT2D eigenvalue weighted by molar-refractivity contribution is 9.10. The number of anilines is 2. The summed E-state index contributed by atoms with van der Waals surface area (Å²) in [5.41, 5.74) is 2.72. The zero-order valence-electron chi connectivity index (χ0n) is 12.9. The lowest BCUT2D eigenvalue weighted by molar-refractivity contribution is -0.124. The molecule has 24 heavy (non-hydrogen) atoms. The molecule has 2 heterocycles. The van der Waals surface area contributed by atoms with E-state index in [9.17, 15) is 9.59 Å². The van der Waals surface area contributed by atoms with E-state index in [1.54, 1.807) is 11.0 Å². The van der Waals surface area contributed by atoms with Crippen LogP contribution in [0, 0.1) is 0 Å². The maximum Gasteiger partial charge on any atom is 0.265 e. The predicted octanol–water partition coefficient (Wildman–Crippen LogP) is 2.76. The van der Waals surface area contributed by atoms with Gasteiger partial charge in [0.25, 0.3) is 5.91 Å². The molecule has 0 radical (unpaired) electrons. The van der Waals surface area contributed by atoms with E-state index in [1.807, 2.05) is 36.4 Å². The maximum absolute atomic E-state index is 12.8. The van der Waals surface area contributed by atoms with Gasteiger partial charge in [0.1, 0.15) is 12.3 Å². The highest BCUT2D eigenvalue weighted by Crippen LogP contribution is 2.33. The third-order valence-corrected chi connectivity index (χ3v) is 4.83. The van der Waals surface area contributed by atoms with Crippen LogP contribution in [0.2, 0.25) is 0 Å². The second-order valence-corrected chi connectivity index (χ2v) is 6.72. The number of rotatable bonds is 2. The average Bonchev–Trinajstić information content (AvgIpc) is 3.00. The van der Waals surface area contributed by atoms with Gasteiger partial charge >= 0.3 is 0 Å². The van der Waals surface area contributed by atoms with E-state index in [0.29, 0.717) is 18.0 Å². The molecule has 0 saturated heterocycles. The van der Waals surface area contributed by atoms with Crippen molar-refractivity contribution in [2.24, 2.45) is 0 Å². The molecule has 0 fully saturated rings. The first kappa shape index (κ1) is 15.2. The first-order valence-electron chi connectivity index (χ1n) is 7.74. The van der Waals surface area contributed by atoms with Gasteiger partial charge in [-0.05, 0) is 42.3 Å². The first-order chi connectivity index (χ1) is 11.6. The minimum Gasteiger partial charge on any atom is -0.482 e. The zero-order valence-corrected chi connectivity index (χ0v) is 14.5. The van der Waals surface area contributed by atoms with Gasteiger partial charge in [-0.25, -0.2) is 0 Å². The molecular weight excluding hydrogens is 372 g/mol. The molecule has 0 saturated carbocycles. The van der Waals surface area contributed by atoms with Crippen LogP contribution < -0.4 is 14.5 Å². The Labute approximate surface area is 147 Å². The van der Waals surface area contributed by atoms with Crippen molar-refractivity contribution in [3.05, 3.63) is 52.5 Å². The van der Waals surface area contributed by atoms with Crippen LogP contribution in [0.25, 0.3) is 0 Å². The molecule has 2 aliphatic heterocycles. The minimum absolute atomic E-state index is 0.0225. The van der Waals surface area contributed by atoms with E-state index in [0.717, 1.165) is 22.1 Å². The van der Waals surface area contributed by atoms with Crippen LogP contribution in [0.1, 0.15) is 5.56 Å². The summed E-state index contributed by atoms with van der Waals surface area (Å²) in [6.07, 6.45) is 0.828. The average molecular weight is 387 g/mol. The standard InChI is InChI=1S/C18H15BrN2O3/c19-13-5-6-14-12(9-13)7-8-20(14)17(22)10-21-15-3-1-2-4-16(15)24-11-18(21)23/h1-6,9H,7-8,10-11H2. The van der Waals surface area contributed by atoms with Gasteiger partial charge in [-0.3, -0.25) is 14.5 Å². The molecule has 2 amide bonds. The van der Waals surface area contributed by atoms with Crippen LogP contribution in [-0.2, 0) is 16.0 Å². The Morgan fingerprint density at radius 2 is 2.00 bits per heavy atom. The summed E-state index contributed by atoms with van der Waals surface area (Å²) in [5, 5.41) is 0. The lowest BCUT2D eigenvalue weighted by Crippen LogP contribution is -2.46. The molecule has 0 spiro atoms. The van der Waals surface area contributed by atoms with E-state index in [1.165, 1.54) is 4.90 Å². The molecule has 6 heteroatoms. The summed E-state index contributed by atoms with van der Waals surface area (Å²) in [5.74, 6) is 0.356. The van der Waals surface area contributed by atoms with E-state index < -0.39 is 0 Å². The summed E-state index contributed by atoms with van der Waals surface area (Å²) in [6, 6.07) is 13.2. The van der Waals surface area contributed by atoms with Crippen molar-refractivity contribution >= 4 is 39.1 Å². The van der Waals surface area contributed by atoms with Gasteiger partial charge in [-0.1, -0.05) is 28.1 Å². The SMILES string of the molecule is O=C(CN1C(=O)COc2ccccc21)N1CCc2cc(Br)ccc21. The third-order valence-electron chi connectivity index (χ3n) is 4.34. The minimum atomic E-state index is -0.197. The number of ether oxygens (including phenoxy) is 1. The Bertz CT molecular complexity index is 837. The van der Waals surface area contributed by atoms with Crippen LogP contribution in [0.4, 0.5) is 11.4 Å². The van der Waals surface area contributed by atoms with Gasteiger partial charge in [0.15, 0.2) is 6.61 Å². The van der Waals surface area contributed by atoms with Crippen molar-refractivity contribution in [2.45, 2.75) is 6.42 Å². The Kier molecular flexibility index (Phi) is 3.76. The third kappa shape index (κ3) is 2.57. The summed E-state index contributed by atoms with van der Waals surface area (Å²) < 4.78 is 6.43. The van der Waals surface area contributed by atoms with Crippen molar-refractivity contribution < 1.29 is 14.3 Å². The van der Waals surface area contributed by atoms with Gasteiger partial charge in [0, 0.05) is 16.7 Å². The second-order valence-electron chi connectivity index (χ2n) is 5.80. The monoisotopic (exact) mass is 386 g/mol. The van der Waals surface area contributed by atoms with Gasteiger partial charge < -0.3 is 9.64 Å². The van der Waals surface area contributed by atoms with Crippen molar-refractivity contribution in [1.82, 2.24) is 0 Å². The molecular formula is C18H15BrN2O3. The number of para-hydroxylation sites is 2. The Hall–Kier alpha value is -2.34. The summed E-state index contributed by atoms with van der Waals surface area (Å²) in [6.45, 7) is 0.632. The van der Waals surface area contributed by atoms with Gasteiger partial charge in [0.05, 0.1) is 5.69 Å². The van der Waals surface area contributed by atoms with Crippen LogP contribution in [-0.4, -0.2) is 31.5 Å². The fraction of sp³-hybridized carbons (Fsp3) is 0.222. The van der Waals surface area contributed by atoms with E-state index >= 15 is 0 Å². The number of hydrogen-bond acceptors (Lipinski definition) is 3. The molecule has 4 rings (SSSR count). The van der Waals surface area contributed by atoms with Crippen LogP contribution in [0.15, 0.2) is 46.9 Å². The number of benzene rings is 2. The molecule has 5 nitrogen and oxygen atoms in total. The zero-order chi connectivity index (χ0) is 16.7. The molecule has 0 bridgehead atoms. The molecule has 2 aromatic rings. The number of carbonyl (C=O) groups is 2. The quantitative estimate of drug-likeness (QED) is 0.797. The molecule has 0 unspecified atom stereocenters. The number of hydrogen-bond donors (Lipinski definition) is 0. The van der Waals surface area contributed by atoms with Gasteiger partial charge in [-0.15, -0.1) is 0 Å². The van der Waals surface area contributed by atoms with Crippen molar-refractivity contribution in [1.29, 1.82) is 0 Å². The van der Waals surface area contributed by atoms with Gasteiger partial charge in [0.2, 0.25) is 5.91 Å². The largest absolute Gasteiger partial charge is 0.482 e. The second kappa shape index (κ2) is 5.94. The Morgan fingerprint density at radius 1 is 1.17 bits per heavy atom. The fourth-order valence-corrected chi connectivity index (χ4v) is 3.59. The van der Waals surface area contributed by atoms with Crippen molar-refractivity contribution in [2.75, 3.05) is 29.5 Å². The molecule has 0 N–H and O–H groups in total. The topological polar surface area (TPSA) is 49.9 Å². The molecule has 0 aliphatic carbocycles. The van der Waals surface area contributed by atoms with Crippen LogP contribution in [0.5, 0.6) is 5.75 Å². The normalized spacial score (nSPS) is 15.8. The van der Waals surface area contributed by atoms with Crippen LogP contribution in [0.3, 0.4) is 0 Å². The number of fused-ring (bicyclic) bond motifs is 2. The highest BCUT2D eigenvalue weighted by atomic mass is 79.9. The lowest BCUT2D eigenvalue weighted by atomic mass is 10.2. The smallest absolute Gasteiger partial charge is 0.265 e. The first-order valence-corrected chi connectivity index (χ1v) is 8.54. The predicted molar refractivity (Wildman–Crippen MR) is 94.5 cm³/mol. The molecule has 122 valence electrons. The number of amides is 2. The Morgan fingerprint density at radius 3 is 2.88 bits per heavy atom. The van der Waals surface area contributed by atoms with E-state index in [-0.39, 0.29) is 25.0 Å². The molecule has 2 aromatic carbocycles. The Balaban J connectivity index is 1.59. The van der Waals surface area contributed by atoms with E-state index in [2.05, 4.69) is 15.9 Å². The fourth-order valence-electron chi connectivity index (χ4n) is 3.18. The summed E-state index contributed by atoms with van der Waals surface area (Å²) in [4.78, 5) is 28.3. The van der Waals surface area contributed by atoms with E-state index in [4.69, 9.17) is 4.74 Å². The van der Waals surface area contributed by atoms with Crippen molar-refractivity contribution in [3.8, 4) is 5.75 Å². The number of halogens is 1. The number of carbonyl (C=O) groups excluding carboxylic acids is 2. The molecule has 2 aliphatic rings. The maximum atomic E-state index is 12.8. The molecule has 0 aromatic heterocycles. The van der Waals surface area contributed by atoms with Gasteiger partial charge in [-0.2, -0.15) is 0 Å². The highest BCUT2D eigenvalue weighted by Gasteiger charge is 2.31. The van der Waals surface area contributed by atoms with Crippen molar-refractivity contribution in [3.63, 3.8) is 0 Å². The molecule has 0 atom stereocenters. The lowest BCUT2D eigenvalue weighted by Gasteiger charge is -2.30. The summed E-state index contributed by atoms with van der Waals surface area (Å²) in [7, 11) is 0. The summed E-state index contributed by atoms with van der Waals surface area (Å²) >= 11 is 3.46.